The van der Waals surface area contributed by atoms with Gasteiger partial charge in [0, 0.05) is 11.0 Å². The van der Waals surface area contributed by atoms with Crippen LogP contribution in [-0.4, -0.2) is 23.9 Å². The Kier molecular flexibility index (Phi) is 6.81. The van der Waals surface area contributed by atoms with Crippen molar-refractivity contribution in [3.8, 4) is 0 Å². The lowest BCUT2D eigenvalue weighted by atomic mass is 10.2. The number of allylic oxidation sites excluding steroid dienone is 1. The molecule has 0 radical (unpaired) electrons. The van der Waals surface area contributed by atoms with E-state index < -0.39 is 0 Å². The summed E-state index contributed by atoms with van der Waals surface area (Å²) in [5.41, 5.74) is 1.41. The summed E-state index contributed by atoms with van der Waals surface area (Å²) in [6.07, 6.45) is 6.85. The van der Waals surface area contributed by atoms with Crippen molar-refractivity contribution in [2.45, 2.75) is 38.9 Å². The Morgan fingerprint density at radius 2 is 2.43 bits per heavy atom. The van der Waals surface area contributed by atoms with Gasteiger partial charge in [-0.1, -0.05) is 34.2 Å². The molecule has 1 unspecified atom stereocenters. The minimum absolute atomic E-state index is 0.0485. The Balaban J connectivity index is 2.09. The third-order valence-corrected chi connectivity index (χ3v) is 2.88. The van der Waals surface area contributed by atoms with Gasteiger partial charge < -0.3 is 9.47 Å². The molecule has 1 rings (SSSR count). The fourth-order valence-corrected chi connectivity index (χ4v) is 2.24. The van der Waals surface area contributed by atoms with Crippen molar-refractivity contribution < 1.29 is 9.47 Å². The maximum absolute atomic E-state index is 5.60. The molecule has 0 N–H and O–H groups in total. The lowest BCUT2D eigenvalue weighted by Crippen LogP contribution is -2.22. The molecule has 1 atom stereocenters. The summed E-state index contributed by atoms with van der Waals surface area (Å²) in [6.45, 7) is 3.72. The van der Waals surface area contributed by atoms with Gasteiger partial charge >= 0.3 is 0 Å². The van der Waals surface area contributed by atoms with Crippen molar-refractivity contribution in [3.05, 3.63) is 11.6 Å². The second-order valence-corrected chi connectivity index (χ2v) is 4.70. The molecule has 14 heavy (non-hydrogen) atoms. The number of hydrogen-bond acceptors (Lipinski definition) is 2. The van der Waals surface area contributed by atoms with Gasteiger partial charge in [-0.15, -0.1) is 0 Å². The highest BCUT2D eigenvalue weighted by molar-refractivity contribution is 14.1. The molecule has 1 fully saturated rings. The quantitative estimate of drug-likeness (QED) is 0.441. The Morgan fingerprint density at radius 3 is 3.07 bits per heavy atom. The van der Waals surface area contributed by atoms with Crippen molar-refractivity contribution in [1.29, 1.82) is 0 Å². The predicted molar refractivity (Wildman–Crippen MR) is 66.8 cm³/mol. The molecule has 2 nitrogen and oxygen atoms in total. The highest BCUT2D eigenvalue weighted by Crippen LogP contribution is 2.13. The van der Waals surface area contributed by atoms with E-state index in [-0.39, 0.29) is 6.29 Å². The molecule has 0 bridgehead atoms. The van der Waals surface area contributed by atoms with Crippen LogP contribution < -0.4 is 0 Å². The molecular formula is C11H19IO2. The molecule has 1 aliphatic rings. The summed E-state index contributed by atoms with van der Waals surface area (Å²) >= 11 is 2.39. The Morgan fingerprint density at radius 1 is 1.57 bits per heavy atom. The first kappa shape index (κ1) is 12.5. The van der Waals surface area contributed by atoms with Crippen LogP contribution in [-0.2, 0) is 9.47 Å². The van der Waals surface area contributed by atoms with Crippen LogP contribution in [0, 0.1) is 0 Å². The average Bonchev–Trinajstić information content (AvgIpc) is 2.20. The summed E-state index contributed by atoms with van der Waals surface area (Å²) in [5, 5.41) is 0. The van der Waals surface area contributed by atoms with Crippen molar-refractivity contribution in [3.63, 3.8) is 0 Å². The number of ether oxygens (including phenoxy) is 2. The SMILES string of the molecule is C/C(=C\COC1CCCCO1)CCI. The average molecular weight is 310 g/mol. The Labute approximate surface area is 100 Å². The molecule has 1 saturated heterocycles. The zero-order chi connectivity index (χ0) is 10.2. The maximum atomic E-state index is 5.60. The first-order chi connectivity index (χ1) is 6.83. The van der Waals surface area contributed by atoms with Crippen molar-refractivity contribution in [2.24, 2.45) is 0 Å². The van der Waals surface area contributed by atoms with Gasteiger partial charge in [0.2, 0.25) is 0 Å². The number of halogens is 1. The van der Waals surface area contributed by atoms with E-state index >= 15 is 0 Å². The summed E-state index contributed by atoms with van der Waals surface area (Å²) in [4.78, 5) is 0. The zero-order valence-electron chi connectivity index (χ0n) is 8.80. The van der Waals surface area contributed by atoms with Crippen LogP contribution in [0.15, 0.2) is 11.6 Å². The third-order valence-electron chi connectivity index (χ3n) is 2.34. The molecule has 1 aliphatic heterocycles. The summed E-state index contributed by atoms with van der Waals surface area (Å²) in [6, 6.07) is 0. The van der Waals surface area contributed by atoms with Crippen LogP contribution in [0.2, 0.25) is 0 Å². The largest absolute Gasteiger partial charge is 0.353 e. The minimum atomic E-state index is 0.0485. The van der Waals surface area contributed by atoms with E-state index in [9.17, 15) is 0 Å². The van der Waals surface area contributed by atoms with Crippen molar-refractivity contribution >= 4 is 22.6 Å². The summed E-state index contributed by atoms with van der Waals surface area (Å²) < 4.78 is 12.2. The molecule has 82 valence electrons. The van der Waals surface area contributed by atoms with Crippen LogP contribution >= 0.6 is 22.6 Å². The first-order valence-corrected chi connectivity index (χ1v) is 6.80. The van der Waals surface area contributed by atoms with Gasteiger partial charge in [0.05, 0.1) is 6.61 Å². The fourth-order valence-electron chi connectivity index (χ4n) is 1.39. The summed E-state index contributed by atoms with van der Waals surface area (Å²) in [7, 11) is 0. The second kappa shape index (κ2) is 7.65. The first-order valence-electron chi connectivity index (χ1n) is 5.27. The molecule has 0 aliphatic carbocycles. The fraction of sp³-hybridized carbons (Fsp3) is 0.818. The van der Waals surface area contributed by atoms with Crippen molar-refractivity contribution in [2.75, 3.05) is 17.6 Å². The molecule has 3 heteroatoms. The number of hydrogen-bond donors (Lipinski definition) is 0. The van der Waals surface area contributed by atoms with Crippen LogP contribution in [0.25, 0.3) is 0 Å². The third kappa shape index (κ3) is 5.32. The van der Waals surface area contributed by atoms with Gasteiger partial charge in [-0.3, -0.25) is 0 Å². The van der Waals surface area contributed by atoms with E-state index in [0.29, 0.717) is 6.61 Å². The highest BCUT2D eigenvalue weighted by atomic mass is 127. The van der Waals surface area contributed by atoms with E-state index in [0.717, 1.165) is 19.4 Å². The van der Waals surface area contributed by atoms with E-state index in [1.807, 2.05) is 0 Å². The number of alkyl halides is 1. The van der Waals surface area contributed by atoms with Gasteiger partial charge in [0.1, 0.15) is 0 Å². The molecule has 0 spiro atoms. The number of rotatable bonds is 5. The molecule has 0 aromatic rings. The van der Waals surface area contributed by atoms with E-state index in [4.69, 9.17) is 9.47 Å². The van der Waals surface area contributed by atoms with Crippen LogP contribution in [0.4, 0.5) is 0 Å². The molecule has 0 aromatic carbocycles. The Bertz CT molecular complexity index is 174. The molecule has 1 heterocycles. The van der Waals surface area contributed by atoms with Gasteiger partial charge in [-0.05, 0) is 32.6 Å². The lowest BCUT2D eigenvalue weighted by Gasteiger charge is -2.22. The Hall–Kier alpha value is 0.390. The van der Waals surface area contributed by atoms with Gasteiger partial charge in [0.25, 0.3) is 0 Å². The van der Waals surface area contributed by atoms with E-state index in [1.165, 1.54) is 22.8 Å². The molecule has 0 saturated carbocycles. The van der Waals surface area contributed by atoms with Gasteiger partial charge in [0.15, 0.2) is 6.29 Å². The molecule has 0 amide bonds. The van der Waals surface area contributed by atoms with Gasteiger partial charge in [-0.25, -0.2) is 0 Å². The highest BCUT2D eigenvalue weighted by Gasteiger charge is 2.12. The monoisotopic (exact) mass is 310 g/mol. The van der Waals surface area contributed by atoms with Crippen LogP contribution in [0.3, 0.4) is 0 Å². The minimum Gasteiger partial charge on any atom is -0.353 e. The smallest absolute Gasteiger partial charge is 0.157 e. The predicted octanol–water partition coefficient (Wildman–Crippen LogP) is 3.30. The summed E-state index contributed by atoms with van der Waals surface area (Å²) in [5.74, 6) is 0. The topological polar surface area (TPSA) is 18.5 Å². The molecular weight excluding hydrogens is 291 g/mol. The van der Waals surface area contributed by atoms with E-state index in [1.54, 1.807) is 0 Å². The standard InChI is InChI=1S/C11H19IO2/c1-10(5-7-12)6-9-14-11-4-2-3-8-13-11/h6,11H,2-5,7-9H2,1H3/b10-6+. The molecule has 0 aromatic heterocycles. The van der Waals surface area contributed by atoms with Gasteiger partial charge in [-0.2, -0.15) is 0 Å². The van der Waals surface area contributed by atoms with Crippen molar-refractivity contribution in [1.82, 2.24) is 0 Å². The normalized spacial score (nSPS) is 23.9. The maximum Gasteiger partial charge on any atom is 0.157 e. The van der Waals surface area contributed by atoms with Crippen LogP contribution in [0.1, 0.15) is 32.6 Å². The van der Waals surface area contributed by atoms with E-state index in [2.05, 4.69) is 35.6 Å². The lowest BCUT2D eigenvalue weighted by molar-refractivity contribution is -0.155. The zero-order valence-corrected chi connectivity index (χ0v) is 11.0. The second-order valence-electron chi connectivity index (χ2n) is 3.62. The van der Waals surface area contributed by atoms with Crippen LogP contribution in [0.5, 0.6) is 0 Å².